The predicted molar refractivity (Wildman–Crippen MR) is 43.8 cm³/mol. The molecule has 0 bridgehead atoms. The van der Waals surface area contributed by atoms with Crippen molar-refractivity contribution in [3.63, 3.8) is 0 Å². The molecule has 4 nitrogen and oxygen atoms in total. The number of hydrogen-bond donors (Lipinski definition) is 1. The van der Waals surface area contributed by atoms with E-state index in [4.69, 9.17) is 14.6 Å². The molecule has 0 spiro atoms. The van der Waals surface area contributed by atoms with Crippen LogP contribution < -0.4 is 0 Å². The molecule has 0 saturated heterocycles. The summed E-state index contributed by atoms with van der Waals surface area (Å²) in [6.07, 6.45) is 1.26. The standard InChI is InChI=1S/C8H16O4/c1-2-3-8(10)12-7-6-11-5-4-9/h9H,2-7H2,1H3. The van der Waals surface area contributed by atoms with Crippen LogP contribution in [0.5, 0.6) is 0 Å². The maximum absolute atomic E-state index is 10.7. The van der Waals surface area contributed by atoms with Gasteiger partial charge in [-0.1, -0.05) is 6.92 Å². The van der Waals surface area contributed by atoms with Gasteiger partial charge in [0.2, 0.25) is 0 Å². The van der Waals surface area contributed by atoms with Crippen LogP contribution in [0, 0.1) is 0 Å². The van der Waals surface area contributed by atoms with E-state index >= 15 is 0 Å². The lowest BCUT2D eigenvalue weighted by atomic mass is 10.3. The summed E-state index contributed by atoms with van der Waals surface area (Å²) in [5.74, 6) is -0.190. The zero-order valence-corrected chi connectivity index (χ0v) is 7.41. The molecule has 0 unspecified atom stereocenters. The van der Waals surface area contributed by atoms with E-state index in [2.05, 4.69) is 0 Å². The smallest absolute Gasteiger partial charge is 0.305 e. The number of hydrogen-bond acceptors (Lipinski definition) is 4. The zero-order valence-electron chi connectivity index (χ0n) is 7.41. The molecule has 1 N–H and O–H groups in total. The largest absolute Gasteiger partial charge is 0.463 e. The number of rotatable bonds is 7. The molecule has 0 fully saturated rings. The summed E-state index contributed by atoms with van der Waals surface area (Å²) in [4.78, 5) is 10.7. The van der Waals surface area contributed by atoms with Crippen LogP contribution in [-0.4, -0.2) is 37.5 Å². The van der Waals surface area contributed by atoms with E-state index in [0.29, 0.717) is 19.6 Å². The van der Waals surface area contributed by atoms with Crippen molar-refractivity contribution in [1.29, 1.82) is 0 Å². The van der Waals surface area contributed by atoms with Gasteiger partial charge in [-0.15, -0.1) is 0 Å². The van der Waals surface area contributed by atoms with Crippen molar-refractivity contribution < 1.29 is 19.4 Å². The maximum Gasteiger partial charge on any atom is 0.305 e. The van der Waals surface area contributed by atoms with Crippen LogP contribution in [0.3, 0.4) is 0 Å². The number of ether oxygens (including phenoxy) is 2. The quantitative estimate of drug-likeness (QED) is 0.449. The summed E-state index contributed by atoms with van der Waals surface area (Å²) in [5, 5.41) is 8.33. The molecule has 0 aliphatic rings. The molecule has 72 valence electrons. The first-order chi connectivity index (χ1) is 5.81. The van der Waals surface area contributed by atoms with Gasteiger partial charge in [-0.05, 0) is 6.42 Å². The third-order valence-corrected chi connectivity index (χ3v) is 1.18. The molecule has 0 aliphatic carbocycles. The Morgan fingerprint density at radius 2 is 2.08 bits per heavy atom. The Bertz CT molecular complexity index is 114. The molecule has 0 radical (unpaired) electrons. The zero-order chi connectivity index (χ0) is 9.23. The van der Waals surface area contributed by atoms with E-state index in [1.807, 2.05) is 6.92 Å². The lowest BCUT2D eigenvalue weighted by Crippen LogP contribution is -2.11. The van der Waals surface area contributed by atoms with Crippen molar-refractivity contribution in [1.82, 2.24) is 0 Å². The number of carbonyl (C=O) groups excluding carboxylic acids is 1. The summed E-state index contributed by atoms with van der Waals surface area (Å²) < 4.78 is 9.67. The fourth-order valence-corrected chi connectivity index (χ4v) is 0.657. The Kier molecular flexibility index (Phi) is 8.05. The van der Waals surface area contributed by atoms with Gasteiger partial charge in [0, 0.05) is 6.42 Å². The van der Waals surface area contributed by atoms with Gasteiger partial charge in [0.15, 0.2) is 0 Å². The fourth-order valence-electron chi connectivity index (χ4n) is 0.657. The average Bonchev–Trinajstić information content (AvgIpc) is 2.05. The van der Waals surface area contributed by atoms with E-state index in [0.717, 1.165) is 6.42 Å². The van der Waals surface area contributed by atoms with Gasteiger partial charge >= 0.3 is 5.97 Å². The van der Waals surface area contributed by atoms with Crippen LogP contribution in [0.15, 0.2) is 0 Å². The van der Waals surface area contributed by atoms with Crippen LogP contribution in [0.1, 0.15) is 19.8 Å². The molecular weight excluding hydrogens is 160 g/mol. The molecule has 0 aromatic rings. The predicted octanol–water partition coefficient (Wildman–Crippen LogP) is 0.339. The molecule has 0 rings (SSSR count). The SMILES string of the molecule is CCCC(=O)OCCOCCO. The first-order valence-corrected chi connectivity index (χ1v) is 4.15. The van der Waals surface area contributed by atoms with Gasteiger partial charge in [-0.2, -0.15) is 0 Å². The third kappa shape index (κ3) is 7.50. The highest BCUT2D eigenvalue weighted by Gasteiger charge is 1.98. The summed E-state index contributed by atoms with van der Waals surface area (Å²) in [5.41, 5.74) is 0. The Balaban J connectivity index is 3.03. The molecule has 0 saturated carbocycles. The summed E-state index contributed by atoms with van der Waals surface area (Å²) in [7, 11) is 0. The summed E-state index contributed by atoms with van der Waals surface area (Å²) in [6.45, 7) is 2.85. The highest BCUT2D eigenvalue weighted by Crippen LogP contribution is 1.90. The Labute approximate surface area is 72.5 Å². The van der Waals surface area contributed by atoms with Crippen molar-refractivity contribution in [3.05, 3.63) is 0 Å². The number of aliphatic hydroxyl groups is 1. The molecule has 0 atom stereocenters. The van der Waals surface area contributed by atoms with Gasteiger partial charge in [0.1, 0.15) is 6.61 Å². The third-order valence-electron chi connectivity index (χ3n) is 1.18. The van der Waals surface area contributed by atoms with Crippen molar-refractivity contribution in [2.24, 2.45) is 0 Å². The Morgan fingerprint density at radius 3 is 2.67 bits per heavy atom. The van der Waals surface area contributed by atoms with E-state index in [1.165, 1.54) is 0 Å². The van der Waals surface area contributed by atoms with E-state index in [9.17, 15) is 4.79 Å². The molecule has 0 aromatic carbocycles. The minimum absolute atomic E-state index is 0.00288. The van der Waals surface area contributed by atoms with E-state index in [1.54, 1.807) is 0 Å². The lowest BCUT2D eigenvalue weighted by molar-refractivity contribution is -0.145. The highest BCUT2D eigenvalue weighted by molar-refractivity contribution is 5.69. The Hall–Kier alpha value is -0.610. The van der Waals surface area contributed by atoms with Crippen molar-refractivity contribution in [2.75, 3.05) is 26.4 Å². The second-order valence-corrected chi connectivity index (χ2v) is 2.31. The second-order valence-electron chi connectivity index (χ2n) is 2.31. The molecule has 0 amide bonds. The number of aliphatic hydroxyl groups excluding tert-OH is 1. The summed E-state index contributed by atoms with van der Waals surface area (Å²) in [6, 6.07) is 0. The van der Waals surface area contributed by atoms with Crippen LogP contribution >= 0.6 is 0 Å². The Morgan fingerprint density at radius 1 is 1.33 bits per heavy atom. The van der Waals surface area contributed by atoms with E-state index < -0.39 is 0 Å². The van der Waals surface area contributed by atoms with Crippen LogP contribution in [0.4, 0.5) is 0 Å². The van der Waals surface area contributed by atoms with Gasteiger partial charge in [-0.3, -0.25) is 4.79 Å². The van der Waals surface area contributed by atoms with Crippen LogP contribution in [-0.2, 0) is 14.3 Å². The van der Waals surface area contributed by atoms with Gasteiger partial charge < -0.3 is 14.6 Å². The summed E-state index contributed by atoms with van der Waals surface area (Å²) >= 11 is 0. The molecular formula is C8H16O4. The minimum Gasteiger partial charge on any atom is -0.463 e. The molecule has 0 aromatic heterocycles. The van der Waals surface area contributed by atoms with Crippen LogP contribution in [0.25, 0.3) is 0 Å². The van der Waals surface area contributed by atoms with Gasteiger partial charge in [0.05, 0.1) is 19.8 Å². The monoisotopic (exact) mass is 176 g/mol. The van der Waals surface area contributed by atoms with E-state index in [-0.39, 0.29) is 19.2 Å². The van der Waals surface area contributed by atoms with Crippen molar-refractivity contribution in [2.45, 2.75) is 19.8 Å². The van der Waals surface area contributed by atoms with Crippen molar-refractivity contribution >= 4 is 5.97 Å². The van der Waals surface area contributed by atoms with Gasteiger partial charge in [0.25, 0.3) is 0 Å². The number of esters is 1. The molecule has 4 heteroatoms. The first kappa shape index (κ1) is 11.4. The average molecular weight is 176 g/mol. The fraction of sp³-hybridized carbons (Fsp3) is 0.875. The first-order valence-electron chi connectivity index (χ1n) is 4.15. The normalized spacial score (nSPS) is 9.83. The number of carbonyl (C=O) groups is 1. The minimum atomic E-state index is -0.190. The molecule has 0 heterocycles. The van der Waals surface area contributed by atoms with Crippen molar-refractivity contribution in [3.8, 4) is 0 Å². The molecule has 0 aliphatic heterocycles. The molecule has 12 heavy (non-hydrogen) atoms. The second kappa shape index (κ2) is 8.49. The van der Waals surface area contributed by atoms with Gasteiger partial charge in [-0.25, -0.2) is 0 Å². The van der Waals surface area contributed by atoms with Crippen LogP contribution in [0.2, 0.25) is 0 Å². The lowest BCUT2D eigenvalue weighted by Gasteiger charge is -2.03. The highest BCUT2D eigenvalue weighted by atomic mass is 16.6. The topological polar surface area (TPSA) is 55.8 Å². The maximum atomic E-state index is 10.7.